The zero-order valence-electron chi connectivity index (χ0n) is 13.0. The minimum absolute atomic E-state index is 0.108. The number of carbonyl (C=O) groups excluding carboxylic acids is 1. The molecule has 23 heavy (non-hydrogen) atoms. The van der Waals surface area contributed by atoms with E-state index < -0.39 is 0 Å². The molecular weight excluding hydrogens is 302 g/mol. The lowest BCUT2D eigenvalue weighted by molar-refractivity contribution is -0.117. The maximum Gasteiger partial charge on any atom is 0.238 e. The Hall–Kier alpha value is -2.47. The number of anilines is 1. The Morgan fingerprint density at radius 2 is 1.78 bits per heavy atom. The molecule has 1 N–H and O–H groups in total. The van der Waals surface area contributed by atoms with E-state index in [4.69, 9.17) is 4.74 Å². The van der Waals surface area contributed by atoms with Gasteiger partial charge in [0.25, 0.3) is 0 Å². The predicted octanol–water partition coefficient (Wildman–Crippen LogP) is 3.04. The van der Waals surface area contributed by atoms with Crippen LogP contribution in [0.15, 0.2) is 42.5 Å². The van der Waals surface area contributed by atoms with Gasteiger partial charge in [-0.3, -0.25) is 9.69 Å². The van der Waals surface area contributed by atoms with E-state index in [1.807, 2.05) is 0 Å². The zero-order valence-corrected chi connectivity index (χ0v) is 13.0. The van der Waals surface area contributed by atoms with E-state index in [9.17, 15) is 13.6 Å². The van der Waals surface area contributed by atoms with Gasteiger partial charge < -0.3 is 10.1 Å². The van der Waals surface area contributed by atoms with Crippen molar-refractivity contribution >= 4 is 11.6 Å². The van der Waals surface area contributed by atoms with E-state index in [1.54, 1.807) is 18.0 Å². The average Bonchev–Trinajstić information content (AvgIpc) is 2.49. The molecule has 0 unspecified atom stereocenters. The number of halogens is 2. The summed E-state index contributed by atoms with van der Waals surface area (Å²) < 4.78 is 31.3. The Bertz CT molecular complexity index is 675. The fourth-order valence-electron chi connectivity index (χ4n) is 2.20. The Morgan fingerprint density at radius 1 is 1.13 bits per heavy atom. The summed E-state index contributed by atoms with van der Waals surface area (Å²) in [5.41, 5.74) is 1.18. The molecule has 0 radical (unpaired) electrons. The van der Waals surface area contributed by atoms with Gasteiger partial charge in [0.05, 0.1) is 13.7 Å². The van der Waals surface area contributed by atoms with Crippen molar-refractivity contribution in [2.24, 2.45) is 0 Å². The molecule has 0 aromatic heterocycles. The monoisotopic (exact) mass is 320 g/mol. The Labute approximate surface area is 133 Å². The molecule has 1 amide bonds. The molecule has 2 rings (SSSR count). The summed E-state index contributed by atoms with van der Waals surface area (Å²) in [6.07, 6.45) is 0. The molecule has 0 aliphatic heterocycles. The lowest BCUT2D eigenvalue weighted by Gasteiger charge is -2.18. The highest BCUT2D eigenvalue weighted by Gasteiger charge is 2.11. The zero-order chi connectivity index (χ0) is 16.8. The van der Waals surface area contributed by atoms with Crippen LogP contribution in [-0.2, 0) is 11.3 Å². The first-order valence-corrected chi connectivity index (χ1v) is 7.04. The number of hydrogen-bond donors (Lipinski definition) is 1. The van der Waals surface area contributed by atoms with E-state index >= 15 is 0 Å². The van der Waals surface area contributed by atoms with Gasteiger partial charge in [0.2, 0.25) is 5.91 Å². The van der Waals surface area contributed by atoms with E-state index in [-0.39, 0.29) is 24.1 Å². The highest BCUT2D eigenvalue weighted by Crippen LogP contribution is 2.20. The van der Waals surface area contributed by atoms with Crippen LogP contribution in [0.2, 0.25) is 0 Å². The van der Waals surface area contributed by atoms with Crippen molar-refractivity contribution in [3.8, 4) is 5.75 Å². The molecule has 4 nitrogen and oxygen atoms in total. The third-order valence-corrected chi connectivity index (χ3v) is 3.22. The maximum atomic E-state index is 13.3. The molecule has 0 saturated carbocycles. The summed E-state index contributed by atoms with van der Waals surface area (Å²) in [7, 11) is 3.26. The lowest BCUT2D eigenvalue weighted by Crippen LogP contribution is -2.30. The van der Waals surface area contributed by atoms with Gasteiger partial charge in [0, 0.05) is 17.8 Å². The molecule has 0 saturated heterocycles. The van der Waals surface area contributed by atoms with Crippen LogP contribution in [0.4, 0.5) is 14.5 Å². The van der Waals surface area contributed by atoms with Crippen LogP contribution in [0.3, 0.4) is 0 Å². The average molecular weight is 320 g/mol. The van der Waals surface area contributed by atoms with Gasteiger partial charge in [-0.15, -0.1) is 0 Å². The van der Waals surface area contributed by atoms with Gasteiger partial charge >= 0.3 is 0 Å². The number of nitrogens with one attached hydrogen (secondary N) is 1. The van der Waals surface area contributed by atoms with Crippen LogP contribution < -0.4 is 10.1 Å². The van der Waals surface area contributed by atoms with Gasteiger partial charge in [0.1, 0.15) is 17.4 Å². The first kappa shape index (κ1) is 16.9. The highest BCUT2D eigenvalue weighted by molar-refractivity contribution is 5.92. The van der Waals surface area contributed by atoms with Crippen molar-refractivity contribution in [1.29, 1.82) is 0 Å². The number of carbonyl (C=O) groups is 1. The molecule has 0 atom stereocenters. The predicted molar refractivity (Wildman–Crippen MR) is 84.3 cm³/mol. The minimum Gasteiger partial charge on any atom is -0.496 e. The summed E-state index contributed by atoms with van der Waals surface area (Å²) in [4.78, 5) is 13.7. The van der Waals surface area contributed by atoms with Crippen LogP contribution in [0, 0.1) is 11.6 Å². The number of likely N-dealkylation sites (N-methyl/N-ethyl adjacent to an activating group) is 1. The van der Waals surface area contributed by atoms with E-state index in [1.165, 1.54) is 43.5 Å². The second-order valence-corrected chi connectivity index (χ2v) is 5.18. The number of methoxy groups -OCH3 is 1. The second-order valence-electron chi connectivity index (χ2n) is 5.18. The third-order valence-electron chi connectivity index (χ3n) is 3.22. The van der Waals surface area contributed by atoms with Gasteiger partial charge in [-0.25, -0.2) is 8.78 Å². The van der Waals surface area contributed by atoms with E-state index in [0.29, 0.717) is 23.5 Å². The third kappa shape index (κ3) is 5.03. The lowest BCUT2D eigenvalue weighted by atomic mass is 10.2. The molecule has 0 fully saturated rings. The van der Waals surface area contributed by atoms with Gasteiger partial charge in [-0.2, -0.15) is 0 Å². The molecule has 2 aromatic carbocycles. The van der Waals surface area contributed by atoms with Crippen molar-refractivity contribution in [2.45, 2.75) is 6.54 Å². The Balaban J connectivity index is 1.93. The molecule has 122 valence electrons. The Morgan fingerprint density at radius 3 is 2.43 bits per heavy atom. The summed E-state index contributed by atoms with van der Waals surface area (Å²) in [5, 5.41) is 2.67. The summed E-state index contributed by atoms with van der Waals surface area (Å²) in [6, 6.07) is 9.79. The number of ether oxygens (including phenoxy) is 1. The van der Waals surface area contributed by atoms with Crippen molar-refractivity contribution in [3.63, 3.8) is 0 Å². The van der Waals surface area contributed by atoms with E-state index in [0.717, 1.165) is 0 Å². The van der Waals surface area contributed by atoms with Crippen molar-refractivity contribution in [3.05, 3.63) is 59.7 Å². The molecule has 0 bridgehead atoms. The van der Waals surface area contributed by atoms with Crippen LogP contribution in [0.25, 0.3) is 0 Å². The molecule has 6 heteroatoms. The number of rotatable bonds is 6. The van der Waals surface area contributed by atoms with Gasteiger partial charge in [-0.1, -0.05) is 0 Å². The van der Waals surface area contributed by atoms with Gasteiger partial charge in [0.15, 0.2) is 0 Å². The summed E-state index contributed by atoms with van der Waals surface area (Å²) in [5.74, 6) is -0.394. The molecule has 2 aromatic rings. The SMILES string of the molecule is COc1ccc(F)cc1CN(C)CC(=O)Nc1ccc(F)cc1. The standard InChI is InChI=1S/C17H18F2N2O2/c1-21(10-12-9-14(19)5-8-16(12)23-2)11-17(22)20-15-6-3-13(18)4-7-15/h3-9H,10-11H2,1-2H3,(H,20,22). The number of amides is 1. The summed E-state index contributed by atoms with van der Waals surface area (Å²) >= 11 is 0. The number of hydrogen-bond acceptors (Lipinski definition) is 3. The normalized spacial score (nSPS) is 10.7. The molecule has 0 heterocycles. The fraction of sp³-hybridized carbons (Fsp3) is 0.235. The van der Waals surface area contributed by atoms with Crippen LogP contribution in [-0.4, -0.2) is 31.5 Å². The molecular formula is C17H18F2N2O2. The van der Waals surface area contributed by atoms with Crippen molar-refractivity contribution in [1.82, 2.24) is 4.90 Å². The van der Waals surface area contributed by atoms with Crippen LogP contribution in [0.5, 0.6) is 5.75 Å². The smallest absolute Gasteiger partial charge is 0.238 e. The minimum atomic E-state index is -0.363. The highest BCUT2D eigenvalue weighted by atomic mass is 19.1. The van der Waals surface area contributed by atoms with Crippen LogP contribution >= 0.6 is 0 Å². The number of nitrogens with zero attached hydrogens (tertiary/aromatic N) is 1. The summed E-state index contributed by atoms with van der Waals surface area (Å²) in [6.45, 7) is 0.467. The molecule has 0 aliphatic carbocycles. The quantitative estimate of drug-likeness (QED) is 0.889. The van der Waals surface area contributed by atoms with Crippen molar-refractivity contribution < 1.29 is 18.3 Å². The van der Waals surface area contributed by atoms with Crippen LogP contribution in [0.1, 0.15) is 5.56 Å². The Kier molecular flexibility index (Phi) is 5.65. The molecule has 0 aliphatic rings. The second kappa shape index (κ2) is 7.69. The first-order valence-electron chi connectivity index (χ1n) is 7.04. The van der Waals surface area contributed by atoms with E-state index in [2.05, 4.69) is 5.32 Å². The molecule has 0 spiro atoms. The largest absolute Gasteiger partial charge is 0.496 e. The number of benzene rings is 2. The van der Waals surface area contributed by atoms with Crippen molar-refractivity contribution in [2.75, 3.05) is 26.0 Å². The maximum absolute atomic E-state index is 13.3. The topological polar surface area (TPSA) is 41.6 Å². The first-order chi connectivity index (χ1) is 11.0. The van der Waals surface area contributed by atoms with Gasteiger partial charge in [-0.05, 0) is 49.5 Å². The fourth-order valence-corrected chi connectivity index (χ4v) is 2.20.